The highest BCUT2D eigenvalue weighted by atomic mass is 16.7. The first-order valence-corrected chi connectivity index (χ1v) is 11.5. The van der Waals surface area contributed by atoms with Crippen molar-refractivity contribution in [1.82, 2.24) is 9.55 Å². The highest BCUT2D eigenvalue weighted by molar-refractivity contribution is 5.96. The maximum atomic E-state index is 13.7. The molecule has 0 atom stereocenters. The molecular weight excluding hydrogens is 460 g/mol. The van der Waals surface area contributed by atoms with Crippen molar-refractivity contribution in [2.45, 2.75) is 20.4 Å². The van der Waals surface area contributed by atoms with Gasteiger partial charge in [-0.15, -0.1) is 0 Å². The summed E-state index contributed by atoms with van der Waals surface area (Å²) in [7, 11) is 0. The summed E-state index contributed by atoms with van der Waals surface area (Å²) in [4.78, 5) is 43.6. The maximum Gasteiger partial charge on any atom is 0.278 e. The standard InChI is InChI=1S/C27H24N4O5/c1-16(2)26(33)30-19-8-4-3-7-18(19)25-27(34)31(21-10-6-5-9-20(21)29-25)14-24(32)28-17-11-12-22-23(13-17)36-15-35-22/h3-13,16H,14-15H2,1-2H3,(H,28,32)(H,30,33). The third-order valence-corrected chi connectivity index (χ3v) is 5.77. The van der Waals surface area contributed by atoms with Gasteiger partial charge in [0, 0.05) is 23.2 Å². The molecule has 182 valence electrons. The van der Waals surface area contributed by atoms with Crippen molar-refractivity contribution in [3.05, 3.63) is 77.1 Å². The van der Waals surface area contributed by atoms with Crippen LogP contribution in [0.1, 0.15) is 13.8 Å². The highest BCUT2D eigenvalue weighted by Gasteiger charge is 2.19. The van der Waals surface area contributed by atoms with Crippen LogP contribution in [-0.2, 0) is 16.1 Å². The normalized spacial score (nSPS) is 12.1. The van der Waals surface area contributed by atoms with Crippen molar-refractivity contribution < 1.29 is 19.1 Å². The lowest BCUT2D eigenvalue weighted by Crippen LogP contribution is -2.30. The van der Waals surface area contributed by atoms with E-state index in [-0.39, 0.29) is 36.8 Å². The van der Waals surface area contributed by atoms with Gasteiger partial charge in [-0.3, -0.25) is 19.0 Å². The van der Waals surface area contributed by atoms with Crippen LogP contribution < -0.4 is 25.7 Å². The van der Waals surface area contributed by atoms with E-state index in [0.29, 0.717) is 39.5 Å². The lowest BCUT2D eigenvalue weighted by molar-refractivity contribution is -0.119. The Morgan fingerprint density at radius 1 is 0.972 bits per heavy atom. The summed E-state index contributed by atoms with van der Waals surface area (Å²) in [5.74, 6) is 0.351. The van der Waals surface area contributed by atoms with Gasteiger partial charge in [0.1, 0.15) is 12.2 Å². The Morgan fingerprint density at radius 2 is 1.72 bits per heavy atom. The average Bonchev–Trinajstić information content (AvgIpc) is 3.34. The number of para-hydroxylation sites is 3. The molecule has 0 spiro atoms. The van der Waals surface area contributed by atoms with Crippen LogP contribution >= 0.6 is 0 Å². The molecule has 0 bridgehead atoms. The lowest BCUT2D eigenvalue weighted by atomic mass is 10.1. The van der Waals surface area contributed by atoms with E-state index >= 15 is 0 Å². The Morgan fingerprint density at radius 3 is 2.56 bits per heavy atom. The van der Waals surface area contributed by atoms with Gasteiger partial charge in [0.2, 0.25) is 18.6 Å². The van der Waals surface area contributed by atoms with Crippen LogP contribution in [0, 0.1) is 5.92 Å². The number of nitrogens with one attached hydrogen (secondary N) is 2. The average molecular weight is 485 g/mol. The second kappa shape index (κ2) is 9.53. The summed E-state index contributed by atoms with van der Waals surface area (Å²) in [5, 5.41) is 5.68. The minimum absolute atomic E-state index is 0.132. The molecule has 0 unspecified atom stereocenters. The van der Waals surface area contributed by atoms with Crippen molar-refractivity contribution in [3.63, 3.8) is 0 Å². The number of hydrogen-bond donors (Lipinski definition) is 2. The number of carbonyl (C=O) groups excluding carboxylic acids is 2. The number of amides is 2. The summed E-state index contributed by atoms with van der Waals surface area (Å²) >= 11 is 0. The molecule has 0 saturated heterocycles. The smallest absolute Gasteiger partial charge is 0.278 e. The molecule has 5 rings (SSSR count). The predicted octanol–water partition coefficient (Wildman–Crippen LogP) is 4.03. The van der Waals surface area contributed by atoms with E-state index in [0.717, 1.165) is 0 Å². The van der Waals surface area contributed by atoms with E-state index < -0.39 is 5.56 Å². The second-order valence-electron chi connectivity index (χ2n) is 8.65. The van der Waals surface area contributed by atoms with Crippen LogP contribution in [0.4, 0.5) is 11.4 Å². The molecule has 36 heavy (non-hydrogen) atoms. The molecule has 2 amide bonds. The van der Waals surface area contributed by atoms with Crippen LogP contribution in [0.2, 0.25) is 0 Å². The van der Waals surface area contributed by atoms with E-state index in [1.54, 1.807) is 74.5 Å². The molecule has 0 aliphatic carbocycles. The van der Waals surface area contributed by atoms with Gasteiger partial charge < -0.3 is 20.1 Å². The largest absolute Gasteiger partial charge is 0.454 e. The third-order valence-electron chi connectivity index (χ3n) is 5.77. The fraction of sp³-hybridized carbons (Fsp3) is 0.185. The number of benzene rings is 3. The van der Waals surface area contributed by atoms with Gasteiger partial charge >= 0.3 is 0 Å². The number of anilines is 2. The molecule has 9 nitrogen and oxygen atoms in total. The Labute approximate surface area is 206 Å². The van der Waals surface area contributed by atoms with Gasteiger partial charge in [0.15, 0.2) is 11.5 Å². The first-order chi connectivity index (χ1) is 17.4. The minimum atomic E-state index is -0.444. The zero-order chi connectivity index (χ0) is 25.2. The lowest BCUT2D eigenvalue weighted by Gasteiger charge is -2.15. The maximum absolute atomic E-state index is 13.7. The Bertz CT molecular complexity index is 1540. The molecule has 0 fully saturated rings. The number of fused-ring (bicyclic) bond motifs is 2. The zero-order valence-electron chi connectivity index (χ0n) is 19.8. The molecule has 0 saturated carbocycles. The molecule has 9 heteroatoms. The van der Waals surface area contributed by atoms with Gasteiger partial charge in [-0.2, -0.15) is 0 Å². The van der Waals surface area contributed by atoms with E-state index in [9.17, 15) is 14.4 Å². The zero-order valence-corrected chi connectivity index (χ0v) is 19.8. The molecule has 1 aliphatic heterocycles. The first kappa shape index (κ1) is 23.1. The van der Waals surface area contributed by atoms with E-state index in [1.165, 1.54) is 4.57 Å². The number of nitrogens with zero attached hydrogens (tertiary/aromatic N) is 2. The molecule has 2 N–H and O–H groups in total. The molecule has 3 aromatic carbocycles. The van der Waals surface area contributed by atoms with Gasteiger partial charge in [-0.05, 0) is 30.3 Å². The fourth-order valence-electron chi connectivity index (χ4n) is 3.92. The van der Waals surface area contributed by atoms with E-state index in [4.69, 9.17) is 9.47 Å². The Hall–Kier alpha value is -4.66. The summed E-state index contributed by atoms with van der Waals surface area (Å²) in [5.41, 5.74) is 2.26. The van der Waals surface area contributed by atoms with Gasteiger partial charge in [0.05, 0.1) is 16.7 Å². The van der Waals surface area contributed by atoms with Crippen molar-refractivity contribution >= 4 is 34.2 Å². The van der Waals surface area contributed by atoms with Crippen LogP contribution in [0.3, 0.4) is 0 Å². The Balaban J connectivity index is 1.52. The summed E-state index contributed by atoms with van der Waals surface area (Å²) < 4.78 is 12.1. The molecule has 4 aromatic rings. The number of ether oxygens (including phenoxy) is 2. The minimum Gasteiger partial charge on any atom is -0.454 e. The summed E-state index contributed by atoms with van der Waals surface area (Å²) in [6.45, 7) is 3.48. The van der Waals surface area contributed by atoms with Crippen molar-refractivity contribution in [3.8, 4) is 22.8 Å². The van der Waals surface area contributed by atoms with Gasteiger partial charge in [-0.25, -0.2) is 4.98 Å². The molecule has 0 radical (unpaired) electrons. The monoisotopic (exact) mass is 484 g/mol. The Kier molecular flexibility index (Phi) is 6.12. The van der Waals surface area contributed by atoms with Crippen molar-refractivity contribution in [2.75, 3.05) is 17.4 Å². The van der Waals surface area contributed by atoms with Crippen molar-refractivity contribution in [1.29, 1.82) is 0 Å². The molecule has 1 aromatic heterocycles. The SMILES string of the molecule is CC(C)C(=O)Nc1ccccc1-c1nc2ccccc2n(CC(=O)Nc2ccc3c(c2)OCO3)c1=O. The molecule has 1 aliphatic rings. The van der Waals surface area contributed by atoms with Crippen molar-refractivity contribution in [2.24, 2.45) is 5.92 Å². The third kappa shape index (κ3) is 4.50. The van der Waals surface area contributed by atoms with Crippen LogP contribution in [-0.4, -0.2) is 28.2 Å². The summed E-state index contributed by atoms with van der Waals surface area (Å²) in [6.07, 6.45) is 0. The number of hydrogen-bond acceptors (Lipinski definition) is 6. The van der Waals surface area contributed by atoms with Crippen LogP contribution in [0.25, 0.3) is 22.3 Å². The van der Waals surface area contributed by atoms with Gasteiger partial charge in [-0.1, -0.05) is 44.2 Å². The highest BCUT2D eigenvalue weighted by Crippen LogP contribution is 2.34. The predicted molar refractivity (Wildman–Crippen MR) is 136 cm³/mol. The topological polar surface area (TPSA) is 112 Å². The van der Waals surface area contributed by atoms with Crippen LogP contribution in [0.15, 0.2) is 71.5 Å². The quantitative estimate of drug-likeness (QED) is 0.428. The molecule has 2 heterocycles. The van der Waals surface area contributed by atoms with Gasteiger partial charge in [0.25, 0.3) is 5.56 Å². The first-order valence-electron chi connectivity index (χ1n) is 11.5. The number of aromatic nitrogens is 2. The van der Waals surface area contributed by atoms with E-state index in [1.807, 2.05) is 6.07 Å². The van der Waals surface area contributed by atoms with Crippen LogP contribution in [0.5, 0.6) is 11.5 Å². The van der Waals surface area contributed by atoms with E-state index in [2.05, 4.69) is 15.6 Å². The second-order valence-corrected chi connectivity index (χ2v) is 8.65. The number of rotatable bonds is 6. The molecular formula is C27H24N4O5. The number of carbonyl (C=O) groups is 2. The fourth-order valence-corrected chi connectivity index (χ4v) is 3.92. The summed E-state index contributed by atoms with van der Waals surface area (Å²) in [6, 6.07) is 19.2.